The lowest BCUT2D eigenvalue weighted by atomic mass is 9.99. The normalized spacial score (nSPS) is 19.7. The Hall–Kier alpha value is -1.23. The van der Waals surface area contributed by atoms with Gasteiger partial charge in [0.15, 0.2) is 0 Å². The summed E-state index contributed by atoms with van der Waals surface area (Å²) in [6, 6.07) is -2.37. The lowest BCUT2D eigenvalue weighted by Crippen LogP contribution is -2.59. The van der Waals surface area contributed by atoms with E-state index in [1.54, 1.807) is 0 Å². The van der Waals surface area contributed by atoms with Crippen molar-refractivity contribution in [1.29, 1.82) is 0 Å². The molecule has 1 aliphatic heterocycles. The van der Waals surface area contributed by atoms with Crippen LogP contribution in [0, 0.1) is 5.92 Å². The highest BCUT2D eigenvalue weighted by Crippen LogP contribution is 2.17. The average Bonchev–Trinajstić information content (AvgIpc) is 2.70. The van der Waals surface area contributed by atoms with Crippen LogP contribution in [0.25, 0.3) is 0 Å². The number of nitrogens with two attached hydrogens (primary N) is 1. The maximum atomic E-state index is 13.2. The Balaban J connectivity index is 2.90. The minimum absolute atomic E-state index is 0.00224. The molecule has 4 atom stereocenters. The third-order valence-corrected chi connectivity index (χ3v) is 5.90. The van der Waals surface area contributed by atoms with Crippen LogP contribution in [0.2, 0.25) is 0 Å². The van der Waals surface area contributed by atoms with Crippen molar-refractivity contribution in [1.82, 2.24) is 15.5 Å². The molecule has 0 aliphatic carbocycles. The van der Waals surface area contributed by atoms with Gasteiger partial charge in [-0.15, -0.1) is 0 Å². The monoisotopic (exact) mass is 446 g/mol. The maximum absolute atomic E-state index is 13.2. The van der Waals surface area contributed by atoms with Gasteiger partial charge in [-0.2, -0.15) is 24.4 Å². The molecule has 0 aromatic carbocycles. The molecule has 0 aromatic rings. The molecule has 8 nitrogen and oxygen atoms in total. The molecule has 0 saturated carbocycles. The predicted molar refractivity (Wildman–Crippen MR) is 120 cm³/mol. The van der Waals surface area contributed by atoms with E-state index in [1.165, 1.54) is 16.7 Å². The minimum atomic E-state index is -1.07. The predicted octanol–water partition coefficient (Wildman–Crippen LogP) is 0.337. The number of nitrogens with zero attached hydrogens (tertiary/aromatic N) is 1. The van der Waals surface area contributed by atoms with Crippen molar-refractivity contribution in [3.63, 3.8) is 0 Å². The molecule has 0 bridgehead atoms. The van der Waals surface area contributed by atoms with Crippen LogP contribution in [0.5, 0.6) is 0 Å². The van der Waals surface area contributed by atoms with Crippen molar-refractivity contribution in [3.05, 3.63) is 12.2 Å². The number of thioether (sulfide) groups is 1. The smallest absolute Gasteiger partial charge is 0.326 e. The topological polar surface area (TPSA) is 125 Å². The van der Waals surface area contributed by atoms with Gasteiger partial charge < -0.3 is 26.4 Å². The number of carbonyl (C=O) groups excluding carboxylic acids is 2. The second-order valence-electron chi connectivity index (χ2n) is 7.47. The molecule has 0 radical (unpaired) electrons. The fourth-order valence-electron chi connectivity index (χ4n) is 3.05. The molecule has 2 amide bonds. The Kier molecular flexibility index (Phi) is 11.7. The summed E-state index contributed by atoms with van der Waals surface area (Å²) in [5, 5.41) is 15.2. The summed E-state index contributed by atoms with van der Waals surface area (Å²) in [6.45, 7) is 4.61. The van der Waals surface area contributed by atoms with Crippen molar-refractivity contribution in [2.24, 2.45) is 11.7 Å². The van der Waals surface area contributed by atoms with Crippen LogP contribution in [0.15, 0.2) is 12.2 Å². The third-order valence-electron chi connectivity index (χ3n) is 4.78. The second kappa shape index (κ2) is 13.1. The fourth-order valence-corrected chi connectivity index (χ4v) is 3.65. The van der Waals surface area contributed by atoms with E-state index in [4.69, 9.17) is 5.73 Å². The molecule has 0 saturated heterocycles. The lowest BCUT2D eigenvalue weighted by molar-refractivity contribution is -0.145. The molecule has 0 fully saturated rings. The molecule has 0 spiro atoms. The average molecular weight is 447 g/mol. The van der Waals surface area contributed by atoms with Gasteiger partial charge in [0, 0.05) is 24.9 Å². The number of hydrogen-bond donors (Lipinski definition) is 5. The summed E-state index contributed by atoms with van der Waals surface area (Å²) in [7, 11) is 0. The van der Waals surface area contributed by atoms with Crippen LogP contribution < -0.4 is 16.4 Å². The summed E-state index contributed by atoms with van der Waals surface area (Å²) in [6.07, 6.45) is 6.26. The SMILES string of the molecule is CSCC[C@@H](NC(=O)[C@H]1CC=CCN1C(=O)[C@H](NC[C@H](N)CS)C(C)C)C(=O)O. The zero-order valence-electron chi connectivity index (χ0n) is 17.3. The summed E-state index contributed by atoms with van der Waals surface area (Å²) in [5.74, 6) is -0.583. The molecule has 1 rings (SSSR count). The molecule has 29 heavy (non-hydrogen) atoms. The largest absolute Gasteiger partial charge is 0.480 e. The Morgan fingerprint density at radius 2 is 2.03 bits per heavy atom. The highest BCUT2D eigenvalue weighted by atomic mass is 32.2. The molecule has 10 heteroatoms. The van der Waals surface area contributed by atoms with Gasteiger partial charge in [-0.05, 0) is 30.8 Å². The van der Waals surface area contributed by atoms with Gasteiger partial charge in [0.2, 0.25) is 11.8 Å². The summed E-state index contributed by atoms with van der Waals surface area (Å²) in [5.41, 5.74) is 5.90. The van der Waals surface area contributed by atoms with Crippen LogP contribution >= 0.6 is 24.4 Å². The van der Waals surface area contributed by atoms with Crippen molar-refractivity contribution < 1.29 is 19.5 Å². The Bertz CT molecular complexity index is 589. The molecule has 0 unspecified atom stereocenters. The van der Waals surface area contributed by atoms with E-state index >= 15 is 0 Å². The van der Waals surface area contributed by atoms with E-state index in [2.05, 4.69) is 23.3 Å². The molecular formula is C19H34N4O4S2. The molecule has 1 heterocycles. The summed E-state index contributed by atoms with van der Waals surface area (Å²) in [4.78, 5) is 39.0. The third kappa shape index (κ3) is 8.19. The second-order valence-corrected chi connectivity index (χ2v) is 8.82. The van der Waals surface area contributed by atoms with Crippen LogP contribution in [0.1, 0.15) is 26.7 Å². The van der Waals surface area contributed by atoms with Crippen molar-refractivity contribution in [2.45, 2.75) is 50.9 Å². The first-order chi connectivity index (χ1) is 13.7. The Labute approximate surface area is 182 Å². The quantitative estimate of drug-likeness (QED) is 0.216. The van der Waals surface area contributed by atoms with Gasteiger partial charge in [-0.3, -0.25) is 9.59 Å². The number of rotatable bonds is 12. The number of thiol groups is 1. The van der Waals surface area contributed by atoms with Gasteiger partial charge in [-0.25, -0.2) is 4.79 Å². The summed E-state index contributed by atoms with van der Waals surface area (Å²) < 4.78 is 0. The molecular weight excluding hydrogens is 412 g/mol. The fraction of sp³-hybridized carbons (Fsp3) is 0.737. The van der Waals surface area contributed by atoms with Crippen molar-refractivity contribution in [2.75, 3.05) is 30.9 Å². The van der Waals surface area contributed by atoms with Crippen LogP contribution in [0.3, 0.4) is 0 Å². The van der Waals surface area contributed by atoms with E-state index in [0.717, 1.165) is 0 Å². The number of aliphatic carboxylic acids is 1. The minimum Gasteiger partial charge on any atom is -0.480 e. The number of carboxylic acid groups (broad SMARTS) is 1. The Morgan fingerprint density at radius 1 is 1.34 bits per heavy atom. The van der Waals surface area contributed by atoms with Crippen LogP contribution in [-0.4, -0.2) is 82.8 Å². The number of amides is 2. The summed E-state index contributed by atoms with van der Waals surface area (Å²) >= 11 is 5.68. The van der Waals surface area contributed by atoms with E-state index in [0.29, 0.717) is 37.4 Å². The van der Waals surface area contributed by atoms with E-state index in [-0.39, 0.29) is 17.9 Å². The molecule has 5 N–H and O–H groups in total. The first-order valence-corrected chi connectivity index (χ1v) is 11.8. The number of carbonyl (C=O) groups is 3. The molecule has 1 aliphatic rings. The standard InChI is InChI=1S/C19H34N4O4S2/c1-12(2)16(21-10-13(20)11-28)18(25)23-8-5-4-6-15(23)17(24)22-14(19(26)27)7-9-29-3/h4-5,12-16,21,28H,6-11,20H2,1-3H3,(H,22,24)(H,26,27)/t13-,14+,15+,16+/m0/s1. The van der Waals surface area contributed by atoms with Gasteiger partial charge in [0.05, 0.1) is 6.04 Å². The van der Waals surface area contributed by atoms with E-state index < -0.39 is 30.0 Å². The van der Waals surface area contributed by atoms with Gasteiger partial charge in [0.25, 0.3) is 0 Å². The van der Waals surface area contributed by atoms with Gasteiger partial charge in [0.1, 0.15) is 12.1 Å². The van der Waals surface area contributed by atoms with Crippen LogP contribution in [-0.2, 0) is 14.4 Å². The van der Waals surface area contributed by atoms with E-state index in [1.807, 2.05) is 32.3 Å². The number of nitrogens with one attached hydrogen (secondary N) is 2. The van der Waals surface area contributed by atoms with Gasteiger partial charge in [-0.1, -0.05) is 26.0 Å². The van der Waals surface area contributed by atoms with Crippen molar-refractivity contribution in [3.8, 4) is 0 Å². The maximum Gasteiger partial charge on any atom is 0.326 e. The first kappa shape index (κ1) is 25.8. The first-order valence-electron chi connectivity index (χ1n) is 9.80. The van der Waals surface area contributed by atoms with Gasteiger partial charge >= 0.3 is 5.97 Å². The highest BCUT2D eigenvalue weighted by Gasteiger charge is 2.36. The molecule has 166 valence electrons. The highest BCUT2D eigenvalue weighted by molar-refractivity contribution is 7.98. The number of carboxylic acids is 1. The van der Waals surface area contributed by atoms with Crippen molar-refractivity contribution >= 4 is 42.2 Å². The zero-order chi connectivity index (χ0) is 22.0. The Morgan fingerprint density at radius 3 is 2.59 bits per heavy atom. The van der Waals surface area contributed by atoms with Crippen LogP contribution in [0.4, 0.5) is 0 Å². The lowest BCUT2D eigenvalue weighted by Gasteiger charge is -2.36. The zero-order valence-corrected chi connectivity index (χ0v) is 19.0. The number of hydrogen-bond acceptors (Lipinski definition) is 7. The van der Waals surface area contributed by atoms with E-state index in [9.17, 15) is 19.5 Å². The molecule has 0 aromatic heterocycles.